The molecule has 1 heterocycles. The number of benzene rings is 3. The van der Waals surface area contributed by atoms with Gasteiger partial charge in [-0.05, 0) is 17.7 Å². The van der Waals surface area contributed by atoms with Gasteiger partial charge in [0.25, 0.3) is 0 Å². The third kappa shape index (κ3) is 3.25. The van der Waals surface area contributed by atoms with Crippen LogP contribution in [0.25, 0.3) is 33.4 Å². The summed E-state index contributed by atoms with van der Waals surface area (Å²) in [6.45, 7) is 0. The van der Waals surface area contributed by atoms with Crippen molar-refractivity contribution in [3.8, 4) is 22.5 Å². The van der Waals surface area contributed by atoms with E-state index in [-0.39, 0.29) is 11.8 Å². The van der Waals surface area contributed by atoms with Crippen molar-refractivity contribution < 1.29 is 14.3 Å². The van der Waals surface area contributed by atoms with Crippen LogP contribution in [0.3, 0.4) is 0 Å². The van der Waals surface area contributed by atoms with Crippen molar-refractivity contribution in [3.05, 3.63) is 88.6 Å². The van der Waals surface area contributed by atoms with E-state index in [4.69, 9.17) is 15.3 Å². The molecule has 1 aromatic heterocycles. The highest BCUT2D eigenvalue weighted by Gasteiger charge is 2.13. The number of hydrogen-bond donors (Lipinski definition) is 2. The van der Waals surface area contributed by atoms with Gasteiger partial charge in [-0.25, -0.2) is 0 Å². The van der Waals surface area contributed by atoms with E-state index in [9.17, 15) is 9.59 Å². The van der Waals surface area contributed by atoms with Gasteiger partial charge in [0.1, 0.15) is 11.3 Å². The zero-order chi connectivity index (χ0) is 19.7. The van der Waals surface area contributed by atoms with E-state index < -0.39 is 5.97 Å². The largest absolute Gasteiger partial charge is 0.481 e. The molecule has 0 unspecified atom stereocenters. The first kappa shape index (κ1) is 17.5. The number of nitrogens with two attached hydrogens (primary N) is 1. The van der Waals surface area contributed by atoms with E-state index >= 15 is 0 Å². The standard InChI is InChI=1S/C23H17NO4/c24-19-7-2-1-5-17(19)14-8-10-15(11-9-14)21-13-20(25)18-6-3-4-16(12-22(26)27)23(18)28-21/h1-11,13H,12,24H2,(H,26,27). The van der Waals surface area contributed by atoms with E-state index in [2.05, 4.69) is 0 Å². The molecule has 0 aliphatic heterocycles. The van der Waals surface area contributed by atoms with Crippen molar-refractivity contribution >= 4 is 22.6 Å². The van der Waals surface area contributed by atoms with Crippen LogP contribution in [0.4, 0.5) is 5.69 Å². The Bertz CT molecular complexity index is 1240. The predicted octanol–water partition coefficient (Wildman–Crippen LogP) is 4.34. The predicted molar refractivity (Wildman–Crippen MR) is 109 cm³/mol. The lowest BCUT2D eigenvalue weighted by atomic mass is 10.0. The van der Waals surface area contributed by atoms with E-state index in [0.29, 0.717) is 28.0 Å². The van der Waals surface area contributed by atoms with Crippen molar-refractivity contribution in [3.63, 3.8) is 0 Å². The number of aliphatic carboxylic acids is 1. The van der Waals surface area contributed by atoms with E-state index in [1.165, 1.54) is 6.07 Å². The van der Waals surface area contributed by atoms with Gasteiger partial charge in [-0.15, -0.1) is 0 Å². The van der Waals surface area contributed by atoms with Crippen LogP contribution in [0, 0.1) is 0 Å². The van der Waals surface area contributed by atoms with Crippen molar-refractivity contribution in [1.29, 1.82) is 0 Å². The number of fused-ring (bicyclic) bond motifs is 1. The van der Waals surface area contributed by atoms with Crippen LogP contribution in [0.5, 0.6) is 0 Å². The highest BCUT2D eigenvalue weighted by atomic mass is 16.4. The smallest absolute Gasteiger partial charge is 0.307 e. The van der Waals surface area contributed by atoms with Gasteiger partial charge in [-0.3, -0.25) is 9.59 Å². The SMILES string of the molecule is Nc1ccccc1-c1ccc(-c2cc(=O)c3cccc(CC(=O)O)c3o2)cc1. The van der Waals surface area contributed by atoms with Gasteiger partial charge in [0, 0.05) is 28.4 Å². The topological polar surface area (TPSA) is 93.5 Å². The molecule has 0 fully saturated rings. The molecule has 4 rings (SSSR count). The summed E-state index contributed by atoms with van der Waals surface area (Å²) >= 11 is 0. The molecular formula is C23H17NO4. The Labute approximate surface area is 160 Å². The van der Waals surface area contributed by atoms with Gasteiger partial charge in [0.2, 0.25) is 0 Å². The van der Waals surface area contributed by atoms with Crippen LogP contribution >= 0.6 is 0 Å². The number of rotatable bonds is 4. The molecule has 4 aromatic rings. The second-order valence-corrected chi connectivity index (χ2v) is 6.50. The number of hydrogen-bond acceptors (Lipinski definition) is 4. The summed E-state index contributed by atoms with van der Waals surface area (Å²) in [5.41, 5.74) is 9.90. The summed E-state index contributed by atoms with van der Waals surface area (Å²) < 4.78 is 5.94. The highest BCUT2D eigenvalue weighted by molar-refractivity contribution is 5.85. The van der Waals surface area contributed by atoms with Gasteiger partial charge in [-0.1, -0.05) is 54.6 Å². The Morgan fingerprint density at radius 1 is 0.929 bits per heavy atom. The first-order valence-electron chi connectivity index (χ1n) is 8.76. The van der Waals surface area contributed by atoms with Crippen molar-refractivity contribution in [2.45, 2.75) is 6.42 Å². The number of anilines is 1. The molecule has 5 heteroatoms. The molecule has 0 atom stereocenters. The molecule has 0 spiro atoms. The molecule has 138 valence electrons. The molecule has 0 aliphatic rings. The minimum atomic E-state index is -0.981. The zero-order valence-electron chi connectivity index (χ0n) is 14.9. The van der Waals surface area contributed by atoms with Gasteiger partial charge >= 0.3 is 5.97 Å². The third-order valence-corrected chi connectivity index (χ3v) is 4.62. The van der Waals surface area contributed by atoms with Gasteiger partial charge in [0.15, 0.2) is 5.43 Å². The number of nitrogen functional groups attached to an aromatic ring is 1. The Morgan fingerprint density at radius 3 is 2.36 bits per heavy atom. The maximum atomic E-state index is 12.5. The Kier molecular flexibility index (Phi) is 4.41. The number of carboxylic acids is 1. The molecule has 0 saturated heterocycles. The van der Waals surface area contributed by atoms with Crippen LogP contribution in [0.15, 0.2) is 82.0 Å². The summed E-state index contributed by atoms with van der Waals surface area (Å²) in [5.74, 6) is -0.590. The quantitative estimate of drug-likeness (QED) is 0.521. The van der Waals surface area contributed by atoms with Gasteiger partial charge in [-0.2, -0.15) is 0 Å². The number of carboxylic acid groups (broad SMARTS) is 1. The van der Waals surface area contributed by atoms with Gasteiger partial charge in [0.05, 0.1) is 11.8 Å². The first-order valence-corrected chi connectivity index (χ1v) is 8.76. The normalized spacial score (nSPS) is 10.9. The minimum Gasteiger partial charge on any atom is -0.481 e. The van der Waals surface area contributed by atoms with Crippen LogP contribution in [-0.4, -0.2) is 11.1 Å². The number of para-hydroxylation sites is 2. The minimum absolute atomic E-state index is 0.208. The lowest BCUT2D eigenvalue weighted by Gasteiger charge is -2.09. The molecule has 0 bridgehead atoms. The molecule has 0 radical (unpaired) electrons. The monoisotopic (exact) mass is 371 g/mol. The van der Waals surface area contributed by atoms with Crippen LogP contribution < -0.4 is 11.2 Å². The fourth-order valence-electron chi connectivity index (χ4n) is 3.25. The maximum absolute atomic E-state index is 12.5. The Morgan fingerprint density at radius 2 is 1.64 bits per heavy atom. The first-order chi connectivity index (χ1) is 13.5. The molecular weight excluding hydrogens is 354 g/mol. The molecule has 5 nitrogen and oxygen atoms in total. The van der Waals surface area contributed by atoms with Crippen LogP contribution in [-0.2, 0) is 11.2 Å². The lowest BCUT2D eigenvalue weighted by molar-refractivity contribution is -0.136. The fraction of sp³-hybridized carbons (Fsp3) is 0.0435. The average molecular weight is 371 g/mol. The van der Waals surface area contributed by atoms with Crippen molar-refractivity contribution in [2.75, 3.05) is 5.73 Å². The Balaban J connectivity index is 1.80. The lowest BCUT2D eigenvalue weighted by Crippen LogP contribution is -2.05. The summed E-state index contributed by atoms with van der Waals surface area (Å²) in [4.78, 5) is 23.6. The Hall–Kier alpha value is -3.86. The third-order valence-electron chi connectivity index (χ3n) is 4.62. The highest BCUT2D eigenvalue weighted by Crippen LogP contribution is 2.29. The van der Waals surface area contributed by atoms with Crippen LogP contribution in [0.1, 0.15) is 5.56 Å². The van der Waals surface area contributed by atoms with E-state index in [0.717, 1.165) is 16.7 Å². The molecule has 0 saturated carbocycles. The molecule has 3 aromatic carbocycles. The van der Waals surface area contributed by atoms with E-state index in [1.54, 1.807) is 18.2 Å². The second-order valence-electron chi connectivity index (χ2n) is 6.50. The molecule has 28 heavy (non-hydrogen) atoms. The van der Waals surface area contributed by atoms with Crippen LogP contribution in [0.2, 0.25) is 0 Å². The average Bonchev–Trinajstić information content (AvgIpc) is 2.69. The second kappa shape index (κ2) is 7.04. The summed E-state index contributed by atoms with van der Waals surface area (Å²) in [5, 5.41) is 9.48. The summed E-state index contributed by atoms with van der Waals surface area (Å²) in [6.07, 6.45) is -0.212. The summed E-state index contributed by atoms with van der Waals surface area (Å²) in [6, 6.07) is 21.5. The zero-order valence-corrected chi connectivity index (χ0v) is 14.9. The molecule has 0 amide bonds. The maximum Gasteiger partial charge on any atom is 0.307 e. The molecule has 0 aliphatic carbocycles. The molecule has 3 N–H and O–H groups in total. The van der Waals surface area contributed by atoms with E-state index in [1.807, 2.05) is 48.5 Å². The number of carbonyl (C=O) groups is 1. The van der Waals surface area contributed by atoms with Crippen molar-refractivity contribution in [2.24, 2.45) is 0 Å². The summed E-state index contributed by atoms with van der Waals surface area (Å²) in [7, 11) is 0. The van der Waals surface area contributed by atoms with Gasteiger partial charge < -0.3 is 15.3 Å². The van der Waals surface area contributed by atoms with Crippen molar-refractivity contribution in [1.82, 2.24) is 0 Å². The fourth-order valence-corrected chi connectivity index (χ4v) is 3.25.